The summed E-state index contributed by atoms with van der Waals surface area (Å²) in [5.74, 6) is 0.689. The largest absolute Gasteiger partial charge is 0.507 e. The van der Waals surface area contributed by atoms with Crippen molar-refractivity contribution < 1.29 is 14.6 Å². The van der Waals surface area contributed by atoms with Gasteiger partial charge in [0.05, 0.1) is 5.56 Å². The lowest BCUT2D eigenvalue weighted by Crippen LogP contribution is -2.12. The van der Waals surface area contributed by atoms with E-state index in [1.807, 2.05) is 18.2 Å². The predicted molar refractivity (Wildman–Crippen MR) is 134 cm³/mol. The van der Waals surface area contributed by atoms with E-state index in [-0.39, 0.29) is 5.97 Å². The number of phenolic OH excluding ortho intramolecular Hbond substituents is 1. The molecule has 0 radical (unpaired) electrons. The lowest BCUT2D eigenvalue weighted by molar-refractivity contribution is 0.0732. The second-order valence-electron chi connectivity index (χ2n) is 8.89. The van der Waals surface area contributed by atoms with Gasteiger partial charge in [0.25, 0.3) is 0 Å². The summed E-state index contributed by atoms with van der Waals surface area (Å²) >= 11 is 0. The van der Waals surface area contributed by atoms with Crippen molar-refractivity contribution in [2.75, 3.05) is 0 Å². The topological polar surface area (TPSA) is 46.5 Å². The molecule has 0 atom stereocenters. The van der Waals surface area contributed by atoms with Crippen LogP contribution in [0.1, 0.15) is 112 Å². The molecule has 0 unspecified atom stereocenters. The molecule has 3 nitrogen and oxygen atoms in total. The lowest BCUT2D eigenvalue weighted by atomic mass is 9.97. The molecule has 0 saturated heterocycles. The van der Waals surface area contributed by atoms with Crippen LogP contribution in [0, 0.1) is 0 Å². The standard InChI is InChI=1S/C29H42O3/c1-5-9-13-22-17-18-27(23(19-22)14-10-6-2)32-29(31)26-20-24(15-11-7-3)28(30)25(21-26)16-12-8-4/h17-21,30H,5-16H2,1-4H3. The number of unbranched alkanes of at least 4 members (excludes halogenated alkanes) is 4. The van der Waals surface area contributed by atoms with Gasteiger partial charge >= 0.3 is 5.97 Å². The Morgan fingerprint density at radius 1 is 0.719 bits per heavy atom. The quantitative estimate of drug-likeness (QED) is 0.240. The van der Waals surface area contributed by atoms with Crippen molar-refractivity contribution in [3.05, 3.63) is 58.1 Å². The van der Waals surface area contributed by atoms with Crippen molar-refractivity contribution in [3.8, 4) is 11.5 Å². The highest BCUT2D eigenvalue weighted by molar-refractivity contribution is 5.92. The van der Waals surface area contributed by atoms with Gasteiger partial charge in [0.1, 0.15) is 11.5 Å². The van der Waals surface area contributed by atoms with Gasteiger partial charge in [-0.3, -0.25) is 0 Å². The Morgan fingerprint density at radius 3 is 1.75 bits per heavy atom. The molecule has 2 rings (SSSR count). The average molecular weight is 439 g/mol. The zero-order valence-electron chi connectivity index (χ0n) is 20.6. The SMILES string of the molecule is CCCCc1ccc(OC(=O)c2cc(CCCC)c(O)c(CCCC)c2)c(CCCC)c1. The van der Waals surface area contributed by atoms with E-state index in [9.17, 15) is 9.90 Å². The van der Waals surface area contributed by atoms with E-state index in [1.54, 1.807) is 0 Å². The first kappa shape index (κ1) is 26.0. The number of rotatable bonds is 14. The zero-order chi connectivity index (χ0) is 23.3. The molecule has 2 aromatic carbocycles. The first-order chi connectivity index (χ1) is 15.5. The molecule has 32 heavy (non-hydrogen) atoms. The van der Waals surface area contributed by atoms with Crippen LogP contribution in [0.15, 0.2) is 30.3 Å². The van der Waals surface area contributed by atoms with Crippen molar-refractivity contribution >= 4 is 5.97 Å². The molecule has 0 amide bonds. The van der Waals surface area contributed by atoms with E-state index in [0.29, 0.717) is 17.1 Å². The molecule has 0 aromatic heterocycles. The highest BCUT2D eigenvalue weighted by Crippen LogP contribution is 2.30. The highest BCUT2D eigenvalue weighted by Gasteiger charge is 2.17. The van der Waals surface area contributed by atoms with Crippen LogP contribution in [0.2, 0.25) is 0 Å². The van der Waals surface area contributed by atoms with Crippen LogP contribution < -0.4 is 4.74 Å². The smallest absolute Gasteiger partial charge is 0.343 e. The van der Waals surface area contributed by atoms with Crippen molar-refractivity contribution in [3.63, 3.8) is 0 Å². The van der Waals surface area contributed by atoms with E-state index in [1.165, 1.54) is 18.4 Å². The average Bonchev–Trinajstić information content (AvgIpc) is 2.80. The monoisotopic (exact) mass is 438 g/mol. The molecular formula is C29H42O3. The molecule has 0 aliphatic rings. The summed E-state index contributed by atoms with van der Waals surface area (Å²) in [5.41, 5.74) is 4.68. The van der Waals surface area contributed by atoms with Crippen LogP contribution in [0.5, 0.6) is 11.5 Å². The van der Waals surface area contributed by atoms with Gasteiger partial charge in [0.15, 0.2) is 0 Å². The molecule has 0 aliphatic heterocycles. The molecule has 2 aromatic rings. The summed E-state index contributed by atoms with van der Waals surface area (Å²) in [4.78, 5) is 13.2. The normalized spacial score (nSPS) is 11.0. The van der Waals surface area contributed by atoms with Crippen LogP contribution in [0.3, 0.4) is 0 Å². The fourth-order valence-corrected chi connectivity index (χ4v) is 3.98. The minimum atomic E-state index is -0.334. The molecule has 3 heteroatoms. The molecule has 0 heterocycles. The maximum absolute atomic E-state index is 13.2. The Balaban J connectivity index is 2.31. The van der Waals surface area contributed by atoms with Crippen molar-refractivity contribution in [2.24, 2.45) is 0 Å². The number of carbonyl (C=O) groups is 1. The summed E-state index contributed by atoms with van der Waals surface area (Å²) in [6.45, 7) is 8.65. The van der Waals surface area contributed by atoms with E-state index < -0.39 is 0 Å². The first-order valence-corrected chi connectivity index (χ1v) is 12.7. The molecular weight excluding hydrogens is 396 g/mol. The minimum Gasteiger partial charge on any atom is -0.507 e. The summed E-state index contributed by atoms with van der Waals surface area (Å²) < 4.78 is 5.93. The van der Waals surface area contributed by atoms with E-state index in [4.69, 9.17) is 4.74 Å². The van der Waals surface area contributed by atoms with Crippen molar-refractivity contribution in [2.45, 2.75) is 105 Å². The van der Waals surface area contributed by atoms with Gasteiger partial charge in [-0.15, -0.1) is 0 Å². The summed E-state index contributed by atoms with van der Waals surface area (Å²) in [5, 5.41) is 10.7. The van der Waals surface area contributed by atoms with Gasteiger partial charge in [0.2, 0.25) is 0 Å². The third-order valence-corrected chi connectivity index (χ3v) is 6.05. The van der Waals surface area contributed by atoms with Gasteiger partial charge < -0.3 is 9.84 Å². The molecule has 0 aliphatic carbocycles. The van der Waals surface area contributed by atoms with Crippen molar-refractivity contribution in [1.82, 2.24) is 0 Å². The summed E-state index contributed by atoms with van der Waals surface area (Å²) in [6.07, 6.45) is 12.1. The number of phenols is 1. The van der Waals surface area contributed by atoms with Gasteiger partial charge in [-0.2, -0.15) is 0 Å². The van der Waals surface area contributed by atoms with Crippen LogP contribution in [-0.4, -0.2) is 11.1 Å². The number of ether oxygens (including phenoxy) is 1. The van der Waals surface area contributed by atoms with Gasteiger partial charge in [0, 0.05) is 0 Å². The number of hydrogen-bond acceptors (Lipinski definition) is 3. The lowest BCUT2D eigenvalue weighted by Gasteiger charge is -2.15. The summed E-state index contributed by atoms with van der Waals surface area (Å²) in [6, 6.07) is 9.91. The Bertz CT molecular complexity index is 824. The third-order valence-electron chi connectivity index (χ3n) is 6.05. The molecule has 1 N–H and O–H groups in total. The minimum absolute atomic E-state index is 0.334. The Hall–Kier alpha value is -2.29. The maximum atomic E-state index is 13.2. The zero-order valence-corrected chi connectivity index (χ0v) is 20.6. The number of aryl methyl sites for hydroxylation is 4. The Kier molecular flexibility index (Phi) is 11.3. The maximum Gasteiger partial charge on any atom is 0.343 e. The van der Waals surface area contributed by atoms with Gasteiger partial charge in [-0.05, 0) is 91.8 Å². The highest BCUT2D eigenvalue weighted by atomic mass is 16.5. The molecule has 176 valence electrons. The molecule has 0 fully saturated rings. The summed E-state index contributed by atoms with van der Waals surface area (Å²) in [7, 11) is 0. The number of benzene rings is 2. The van der Waals surface area contributed by atoms with Crippen LogP contribution >= 0.6 is 0 Å². The second kappa shape index (κ2) is 14.0. The second-order valence-corrected chi connectivity index (χ2v) is 8.89. The number of esters is 1. The van der Waals surface area contributed by atoms with Crippen LogP contribution in [-0.2, 0) is 25.7 Å². The van der Waals surface area contributed by atoms with E-state index >= 15 is 0 Å². The van der Waals surface area contributed by atoms with Crippen LogP contribution in [0.25, 0.3) is 0 Å². The molecule has 0 saturated carbocycles. The predicted octanol–water partition coefficient (Wildman–Crippen LogP) is 7.98. The number of hydrogen-bond donors (Lipinski definition) is 1. The van der Waals surface area contributed by atoms with Crippen LogP contribution in [0.4, 0.5) is 0 Å². The van der Waals surface area contributed by atoms with E-state index in [2.05, 4.69) is 39.8 Å². The fraction of sp³-hybridized carbons (Fsp3) is 0.552. The fourth-order valence-electron chi connectivity index (χ4n) is 3.98. The number of aromatic hydroxyl groups is 1. The van der Waals surface area contributed by atoms with Gasteiger partial charge in [-0.25, -0.2) is 4.79 Å². The Labute approximate surface area is 195 Å². The first-order valence-electron chi connectivity index (χ1n) is 12.7. The number of carbonyl (C=O) groups excluding carboxylic acids is 1. The van der Waals surface area contributed by atoms with E-state index in [0.717, 1.165) is 80.9 Å². The van der Waals surface area contributed by atoms with Gasteiger partial charge in [-0.1, -0.05) is 65.5 Å². The molecule has 0 spiro atoms. The Morgan fingerprint density at radius 2 is 1.22 bits per heavy atom. The third kappa shape index (κ3) is 7.69. The van der Waals surface area contributed by atoms with Crippen molar-refractivity contribution in [1.29, 1.82) is 0 Å². The molecule has 0 bridgehead atoms.